The first kappa shape index (κ1) is 21.4. The van der Waals surface area contributed by atoms with E-state index in [0.717, 1.165) is 35.2 Å². The molecule has 8 heteroatoms. The average Bonchev–Trinajstić information content (AvgIpc) is 3.17. The third kappa shape index (κ3) is 4.48. The normalized spacial score (nSPS) is 11.4. The van der Waals surface area contributed by atoms with Crippen LogP contribution in [-0.2, 0) is 6.18 Å². The minimum absolute atomic E-state index is 0.232. The second kappa shape index (κ2) is 8.61. The first-order valence-corrected chi connectivity index (χ1v) is 9.63. The van der Waals surface area contributed by atoms with E-state index in [0.29, 0.717) is 5.69 Å². The number of aryl methyl sites for hydroxylation is 1. The topological polar surface area (TPSA) is 50.2 Å². The molecule has 0 saturated heterocycles. The summed E-state index contributed by atoms with van der Waals surface area (Å²) >= 11 is 0. The van der Waals surface area contributed by atoms with Crippen LogP contribution in [0.25, 0.3) is 5.69 Å². The van der Waals surface area contributed by atoms with Gasteiger partial charge >= 0.3 is 6.18 Å². The Balaban J connectivity index is 1.90. The zero-order valence-electron chi connectivity index (χ0n) is 17.0. The number of carbonyl (C=O) groups is 1. The summed E-state index contributed by atoms with van der Waals surface area (Å²) in [6.45, 7) is 7.56. The summed E-state index contributed by atoms with van der Waals surface area (Å²) in [6.07, 6.45) is -3.80. The molecule has 1 amide bonds. The zero-order chi connectivity index (χ0) is 21.9. The molecule has 30 heavy (non-hydrogen) atoms. The standard InChI is InChI=1S/C22H23F3N4O/c1-4-28(5-2)17-12-8-16(9-13-17)27-21(30)19-14-26-29(20(19)22(23,24)25)18-10-6-15(3)7-11-18/h6-14H,4-5H2,1-3H3,(H,27,30). The number of hydrogen-bond donors (Lipinski definition) is 1. The molecule has 3 rings (SSSR count). The summed E-state index contributed by atoms with van der Waals surface area (Å²) in [4.78, 5) is 14.8. The van der Waals surface area contributed by atoms with E-state index in [4.69, 9.17) is 0 Å². The van der Waals surface area contributed by atoms with E-state index in [-0.39, 0.29) is 5.69 Å². The van der Waals surface area contributed by atoms with Crippen molar-refractivity contribution in [1.82, 2.24) is 9.78 Å². The van der Waals surface area contributed by atoms with Crippen molar-refractivity contribution in [2.24, 2.45) is 0 Å². The molecule has 158 valence electrons. The molecule has 1 heterocycles. The Morgan fingerprint density at radius 1 is 1.03 bits per heavy atom. The van der Waals surface area contributed by atoms with Crippen LogP contribution in [-0.4, -0.2) is 28.8 Å². The fraction of sp³-hybridized carbons (Fsp3) is 0.273. The lowest BCUT2D eigenvalue weighted by Crippen LogP contribution is -2.22. The maximum atomic E-state index is 13.8. The van der Waals surface area contributed by atoms with Gasteiger partial charge in [0.25, 0.3) is 5.91 Å². The third-order valence-electron chi connectivity index (χ3n) is 4.81. The number of rotatable bonds is 6. The monoisotopic (exact) mass is 416 g/mol. The summed E-state index contributed by atoms with van der Waals surface area (Å²) in [5.74, 6) is -0.865. The maximum absolute atomic E-state index is 13.8. The van der Waals surface area contributed by atoms with Gasteiger partial charge in [0.1, 0.15) is 0 Å². The number of aromatic nitrogens is 2. The molecular formula is C22H23F3N4O. The lowest BCUT2D eigenvalue weighted by molar-refractivity contribution is -0.143. The van der Waals surface area contributed by atoms with Gasteiger partial charge in [-0.15, -0.1) is 0 Å². The molecule has 0 unspecified atom stereocenters. The second-order valence-electron chi connectivity index (χ2n) is 6.83. The fourth-order valence-corrected chi connectivity index (χ4v) is 3.21. The molecule has 0 spiro atoms. The molecule has 0 bridgehead atoms. The predicted molar refractivity (Wildman–Crippen MR) is 111 cm³/mol. The summed E-state index contributed by atoms with van der Waals surface area (Å²) in [6, 6.07) is 13.4. The molecule has 0 atom stereocenters. The number of carbonyl (C=O) groups excluding carboxylic acids is 1. The van der Waals surface area contributed by atoms with Gasteiger partial charge in [0.05, 0.1) is 17.4 Å². The van der Waals surface area contributed by atoms with Crippen molar-refractivity contribution >= 4 is 17.3 Å². The Morgan fingerprint density at radius 3 is 2.17 bits per heavy atom. The van der Waals surface area contributed by atoms with E-state index in [2.05, 4.69) is 15.3 Å². The zero-order valence-corrected chi connectivity index (χ0v) is 17.0. The Hall–Kier alpha value is -3.29. The third-order valence-corrected chi connectivity index (χ3v) is 4.81. The van der Waals surface area contributed by atoms with Crippen LogP contribution in [0.5, 0.6) is 0 Å². The molecule has 5 nitrogen and oxygen atoms in total. The van der Waals surface area contributed by atoms with Crippen LogP contribution in [0.2, 0.25) is 0 Å². The van der Waals surface area contributed by atoms with Gasteiger partial charge in [-0.1, -0.05) is 17.7 Å². The van der Waals surface area contributed by atoms with Gasteiger partial charge in [-0.2, -0.15) is 18.3 Å². The molecular weight excluding hydrogens is 393 g/mol. The summed E-state index contributed by atoms with van der Waals surface area (Å²) in [5, 5.41) is 6.37. The quantitative estimate of drug-likeness (QED) is 0.593. The van der Waals surface area contributed by atoms with Crippen molar-refractivity contribution in [3.8, 4) is 5.69 Å². The van der Waals surface area contributed by atoms with Crippen molar-refractivity contribution in [1.29, 1.82) is 0 Å². The molecule has 0 saturated carbocycles. The predicted octanol–water partition coefficient (Wildman–Crippen LogP) is 5.30. The summed E-state index contributed by atoms with van der Waals surface area (Å²) in [7, 11) is 0. The maximum Gasteiger partial charge on any atom is 0.434 e. The smallest absolute Gasteiger partial charge is 0.372 e. The number of nitrogens with zero attached hydrogens (tertiary/aromatic N) is 3. The van der Waals surface area contributed by atoms with E-state index in [1.807, 2.05) is 32.9 Å². The number of hydrogen-bond acceptors (Lipinski definition) is 3. The number of halogens is 3. The van der Waals surface area contributed by atoms with E-state index < -0.39 is 23.3 Å². The van der Waals surface area contributed by atoms with Crippen LogP contribution in [0.3, 0.4) is 0 Å². The first-order chi connectivity index (χ1) is 14.2. The van der Waals surface area contributed by atoms with Crippen molar-refractivity contribution in [2.45, 2.75) is 26.9 Å². The van der Waals surface area contributed by atoms with Crippen molar-refractivity contribution in [2.75, 3.05) is 23.3 Å². The molecule has 0 aliphatic rings. The SMILES string of the molecule is CCN(CC)c1ccc(NC(=O)c2cnn(-c3ccc(C)cc3)c2C(F)(F)F)cc1. The molecule has 0 radical (unpaired) electrons. The molecule has 3 aromatic rings. The number of amides is 1. The highest BCUT2D eigenvalue weighted by molar-refractivity contribution is 6.05. The molecule has 1 N–H and O–H groups in total. The van der Waals surface area contributed by atoms with Crippen molar-refractivity contribution in [3.63, 3.8) is 0 Å². The summed E-state index contributed by atoms with van der Waals surface area (Å²) in [5.41, 5.74) is 0.883. The lowest BCUT2D eigenvalue weighted by atomic mass is 10.2. The van der Waals surface area contributed by atoms with Crippen LogP contribution in [0.4, 0.5) is 24.5 Å². The first-order valence-electron chi connectivity index (χ1n) is 9.63. The molecule has 2 aromatic carbocycles. The Morgan fingerprint density at radius 2 is 1.63 bits per heavy atom. The number of benzene rings is 2. The van der Waals surface area contributed by atoms with Gasteiger partial charge in [0.15, 0.2) is 5.69 Å². The van der Waals surface area contributed by atoms with E-state index in [9.17, 15) is 18.0 Å². The van der Waals surface area contributed by atoms with Gasteiger partial charge < -0.3 is 10.2 Å². The van der Waals surface area contributed by atoms with Crippen molar-refractivity contribution < 1.29 is 18.0 Å². The molecule has 1 aromatic heterocycles. The minimum Gasteiger partial charge on any atom is -0.372 e. The van der Waals surface area contributed by atoms with Crippen LogP contribution >= 0.6 is 0 Å². The Bertz CT molecular complexity index is 1000. The van der Waals surface area contributed by atoms with Crippen LogP contribution in [0.15, 0.2) is 54.7 Å². The Kier molecular flexibility index (Phi) is 6.14. The lowest BCUT2D eigenvalue weighted by Gasteiger charge is -2.21. The molecule has 0 aliphatic carbocycles. The van der Waals surface area contributed by atoms with E-state index in [1.54, 1.807) is 24.3 Å². The van der Waals surface area contributed by atoms with Gasteiger partial charge in [-0.3, -0.25) is 4.79 Å². The van der Waals surface area contributed by atoms with Gasteiger partial charge in [-0.05, 0) is 57.2 Å². The van der Waals surface area contributed by atoms with E-state index >= 15 is 0 Å². The van der Waals surface area contributed by atoms with Gasteiger partial charge in [0, 0.05) is 24.5 Å². The van der Waals surface area contributed by atoms with Gasteiger partial charge in [-0.25, -0.2) is 4.68 Å². The summed E-state index contributed by atoms with van der Waals surface area (Å²) < 4.78 is 42.1. The second-order valence-corrected chi connectivity index (χ2v) is 6.83. The van der Waals surface area contributed by atoms with Crippen LogP contribution in [0.1, 0.15) is 35.5 Å². The number of nitrogens with one attached hydrogen (secondary N) is 1. The highest BCUT2D eigenvalue weighted by Crippen LogP contribution is 2.34. The molecule has 0 aliphatic heterocycles. The van der Waals surface area contributed by atoms with Crippen molar-refractivity contribution in [3.05, 3.63) is 71.5 Å². The van der Waals surface area contributed by atoms with Gasteiger partial charge in [0.2, 0.25) is 0 Å². The number of alkyl halides is 3. The average molecular weight is 416 g/mol. The van der Waals surface area contributed by atoms with E-state index in [1.165, 1.54) is 12.1 Å². The minimum atomic E-state index is -4.75. The molecule has 0 fully saturated rings. The number of anilines is 2. The van der Waals surface area contributed by atoms with Crippen LogP contribution < -0.4 is 10.2 Å². The largest absolute Gasteiger partial charge is 0.434 e. The fourth-order valence-electron chi connectivity index (χ4n) is 3.21. The highest BCUT2D eigenvalue weighted by atomic mass is 19.4. The Labute approximate surface area is 173 Å². The van der Waals surface area contributed by atoms with Crippen LogP contribution in [0, 0.1) is 6.92 Å². The highest BCUT2D eigenvalue weighted by Gasteiger charge is 2.40.